The Labute approximate surface area is 101 Å². The lowest BCUT2D eigenvalue weighted by Crippen LogP contribution is -2.41. The molecule has 0 unspecified atom stereocenters. The fraction of sp³-hybridized carbons (Fsp3) is 0.333. The van der Waals surface area contributed by atoms with Crippen LogP contribution < -0.4 is 16.0 Å². The SMILES string of the molecule is CC(C)NC(=O)N(C)c1ccccc1C(=N)N. The van der Waals surface area contributed by atoms with E-state index in [1.807, 2.05) is 13.8 Å². The van der Waals surface area contributed by atoms with Crippen LogP contribution in [-0.2, 0) is 0 Å². The molecule has 5 nitrogen and oxygen atoms in total. The fourth-order valence-electron chi connectivity index (χ4n) is 1.45. The number of benzene rings is 1. The number of nitrogens with two attached hydrogens (primary N) is 1. The van der Waals surface area contributed by atoms with Crippen molar-refractivity contribution in [3.8, 4) is 0 Å². The third-order valence-corrected chi connectivity index (χ3v) is 2.27. The van der Waals surface area contributed by atoms with E-state index in [9.17, 15) is 4.79 Å². The summed E-state index contributed by atoms with van der Waals surface area (Å²) >= 11 is 0. The molecule has 0 aliphatic rings. The van der Waals surface area contributed by atoms with E-state index in [-0.39, 0.29) is 17.9 Å². The van der Waals surface area contributed by atoms with Gasteiger partial charge in [-0.2, -0.15) is 0 Å². The van der Waals surface area contributed by atoms with E-state index < -0.39 is 0 Å². The van der Waals surface area contributed by atoms with Gasteiger partial charge in [0.1, 0.15) is 5.84 Å². The molecule has 4 N–H and O–H groups in total. The van der Waals surface area contributed by atoms with Crippen molar-refractivity contribution in [2.45, 2.75) is 19.9 Å². The second kappa shape index (κ2) is 5.34. The molecule has 17 heavy (non-hydrogen) atoms. The number of hydrogen-bond acceptors (Lipinski definition) is 2. The average molecular weight is 234 g/mol. The largest absolute Gasteiger partial charge is 0.384 e. The van der Waals surface area contributed by atoms with Gasteiger partial charge in [0.2, 0.25) is 0 Å². The first kappa shape index (κ1) is 13.0. The van der Waals surface area contributed by atoms with Gasteiger partial charge < -0.3 is 11.1 Å². The van der Waals surface area contributed by atoms with Crippen molar-refractivity contribution in [2.75, 3.05) is 11.9 Å². The molecule has 2 amide bonds. The number of amides is 2. The zero-order valence-electron chi connectivity index (χ0n) is 10.3. The molecule has 0 bridgehead atoms. The summed E-state index contributed by atoms with van der Waals surface area (Å²) in [5.74, 6) is -0.0511. The number of carbonyl (C=O) groups is 1. The smallest absolute Gasteiger partial charge is 0.321 e. The zero-order chi connectivity index (χ0) is 13.0. The van der Waals surface area contributed by atoms with Gasteiger partial charge in [0.25, 0.3) is 0 Å². The van der Waals surface area contributed by atoms with E-state index in [2.05, 4.69) is 5.32 Å². The second-order valence-electron chi connectivity index (χ2n) is 4.09. The summed E-state index contributed by atoms with van der Waals surface area (Å²) < 4.78 is 0. The van der Waals surface area contributed by atoms with Gasteiger partial charge >= 0.3 is 6.03 Å². The Balaban J connectivity index is 2.99. The number of urea groups is 1. The van der Waals surface area contributed by atoms with Gasteiger partial charge in [-0.3, -0.25) is 10.3 Å². The van der Waals surface area contributed by atoms with E-state index in [0.29, 0.717) is 11.3 Å². The molecule has 0 aromatic heterocycles. The number of nitrogen functional groups attached to an aromatic ring is 1. The van der Waals surface area contributed by atoms with Crippen molar-refractivity contribution >= 4 is 17.6 Å². The van der Waals surface area contributed by atoms with Crippen molar-refractivity contribution in [1.82, 2.24) is 5.32 Å². The van der Waals surface area contributed by atoms with Crippen molar-refractivity contribution in [2.24, 2.45) is 5.73 Å². The maximum atomic E-state index is 11.8. The van der Waals surface area contributed by atoms with Crippen LogP contribution in [-0.4, -0.2) is 25.0 Å². The van der Waals surface area contributed by atoms with E-state index in [1.54, 1.807) is 31.3 Å². The van der Waals surface area contributed by atoms with Crippen LogP contribution in [0.2, 0.25) is 0 Å². The molecule has 5 heteroatoms. The molecule has 92 valence electrons. The molecule has 1 aromatic rings. The third-order valence-electron chi connectivity index (χ3n) is 2.27. The molecular formula is C12H18N4O. The van der Waals surface area contributed by atoms with Crippen LogP contribution in [0.25, 0.3) is 0 Å². The van der Waals surface area contributed by atoms with Gasteiger partial charge in [0.15, 0.2) is 0 Å². The molecule has 0 fully saturated rings. The first-order valence-electron chi connectivity index (χ1n) is 5.41. The van der Waals surface area contributed by atoms with E-state index in [1.165, 1.54) is 4.90 Å². The molecule has 0 aliphatic carbocycles. The summed E-state index contributed by atoms with van der Waals surface area (Å²) in [7, 11) is 1.65. The number of hydrogen-bond donors (Lipinski definition) is 3. The van der Waals surface area contributed by atoms with E-state index >= 15 is 0 Å². The number of nitrogens with one attached hydrogen (secondary N) is 2. The van der Waals surface area contributed by atoms with Crippen LogP contribution in [0.3, 0.4) is 0 Å². The molecule has 0 aliphatic heterocycles. The molecule has 0 saturated carbocycles. The fourth-order valence-corrected chi connectivity index (χ4v) is 1.45. The van der Waals surface area contributed by atoms with Crippen LogP contribution in [0.4, 0.5) is 10.5 Å². The molecule has 0 heterocycles. The Bertz CT molecular complexity index is 428. The molecule has 0 saturated heterocycles. The van der Waals surface area contributed by atoms with Gasteiger partial charge in [-0.25, -0.2) is 4.79 Å². The summed E-state index contributed by atoms with van der Waals surface area (Å²) in [6, 6.07) is 6.92. The number of amidine groups is 1. The number of anilines is 1. The minimum Gasteiger partial charge on any atom is -0.384 e. The molecule has 0 spiro atoms. The third kappa shape index (κ3) is 3.21. The van der Waals surface area contributed by atoms with E-state index in [0.717, 1.165) is 0 Å². The lowest BCUT2D eigenvalue weighted by atomic mass is 10.1. The summed E-state index contributed by atoms with van der Waals surface area (Å²) in [4.78, 5) is 13.3. The first-order valence-corrected chi connectivity index (χ1v) is 5.41. The Morgan fingerprint density at radius 2 is 2.00 bits per heavy atom. The monoisotopic (exact) mass is 234 g/mol. The predicted octanol–water partition coefficient (Wildman–Crippen LogP) is 1.52. The number of carbonyl (C=O) groups excluding carboxylic acids is 1. The summed E-state index contributed by atoms with van der Waals surface area (Å²) in [6.07, 6.45) is 0. The Kier molecular flexibility index (Phi) is 4.09. The van der Waals surface area contributed by atoms with Crippen molar-refractivity contribution in [1.29, 1.82) is 5.41 Å². The molecule has 0 radical (unpaired) electrons. The summed E-state index contributed by atoms with van der Waals surface area (Å²) in [5.41, 5.74) is 6.65. The number of rotatable bonds is 3. The topological polar surface area (TPSA) is 82.2 Å². The minimum atomic E-state index is -0.214. The van der Waals surface area contributed by atoms with Crippen LogP contribution in [0.1, 0.15) is 19.4 Å². The highest BCUT2D eigenvalue weighted by Gasteiger charge is 2.15. The standard InChI is InChI=1S/C12H18N4O/c1-8(2)15-12(17)16(3)10-7-5-4-6-9(10)11(13)14/h4-8H,1-3H3,(H3,13,14)(H,15,17). The van der Waals surface area contributed by atoms with Crippen LogP contribution >= 0.6 is 0 Å². The lowest BCUT2D eigenvalue weighted by molar-refractivity contribution is 0.245. The van der Waals surface area contributed by atoms with Gasteiger partial charge in [-0.05, 0) is 26.0 Å². The van der Waals surface area contributed by atoms with Gasteiger partial charge in [0.05, 0.1) is 5.69 Å². The zero-order valence-corrected chi connectivity index (χ0v) is 10.3. The number of nitrogens with zero attached hydrogens (tertiary/aromatic N) is 1. The molecule has 0 atom stereocenters. The number of para-hydroxylation sites is 1. The van der Waals surface area contributed by atoms with Crippen LogP contribution in [0, 0.1) is 5.41 Å². The van der Waals surface area contributed by atoms with Gasteiger partial charge in [-0.15, -0.1) is 0 Å². The van der Waals surface area contributed by atoms with Gasteiger partial charge in [0, 0.05) is 18.7 Å². The highest BCUT2D eigenvalue weighted by molar-refractivity contribution is 6.04. The summed E-state index contributed by atoms with van der Waals surface area (Å²) in [6.45, 7) is 3.78. The molecule has 1 aromatic carbocycles. The molecule has 1 rings (SSSR count). The van der Waals surface area contributed by atoms with Crippen molar-refractivity contribution in [3.63, 3.8) is 0 Å². The Hall–Kier alpha value is -2.04. The summed E-state index contributed by atoms with van der Waals surface area (Å²) in [5, 5.41) is 10.3. The van der Waals surface area contributed by atoms with Crippen molar-refractivity contribution in [3.05, 3.63) is 29.8 Å². The Morgan fingerprint density at radius 3 is 2.53 bits per heavy atom. The van der Waals surface area contributed by atoms with Crippen LogP contribution in [0.15, 0.2) is 24.3 Å². The normalized spacial score (nSPS) is 10.1. The Morgan fingerprint density at radius 1 is 1.41 bits per heavy atom. The van der Waals surface area contributed by atoms with Crippen LogP contribution in [0.5, 0.6) is 0 Å². The highest BCUT2D eigenvalue weighted by Crippen LogP contribution is 2.18. The quantitative estimate of drug-likeness (QED) is 0.547. The maximum Gasteiger partial charge on any atom is 0.321 e. The minimum absolute atomic E-state index is 0.0511. The predicted molar refractivity (Wildman–Crippen MR) is 69.5 cm³/mol. The lowest BCUT2D eigenvalue weighted by Gasteiger charge is -2.22. The highest BCUT2D eigenvalue weighted by atomic mass is 16.2. The maximum absolute atomic E-state index is 11.8. The second-order valence-corrected chi connectivity index (χ2v) is 4.09. The average Bonchev–Trinajstić information content (AvgIpc) is 2.27. The van der Waals surface area contributed by atoms with Gasteiger partial charge in [-0.1, -0.05) is 12.1 Å². The first-order chi connectivity index (χ1) is 7.93. The molecular weight excluding hydrogens is 216 g/mol. The van der Waals surface area contributed by atoms with E-state index in [4.69, 9.17) is 11.1 Å². The van der Waals surface area contributed by atoms with Crippen molar-refractivity contribution < 1.29 is 4.79 Å².